The van der Waals surface area contributed by atoms with Crippen molar-refractivity contribution in [1.29, 1.82) is 0 Å². The topological polar surface area (TPSA) is 64.3 Å². The number of rotatable bonds is 4. The van der Waals surface area contributed by atoms with Gasteiger partial charge in [-0.1, -0.05) is 30.3 Å². The number of aryl methyl sites for hydroxylation is 1. The number of carbonyl (C=O) groups excluding carboxylic acids is 1. The number of H-pyrrole nitrogens is 1. The second kappa shape index (κ2) is 8.45. The summed E-state index contributed by atoms with van der Waals surface area (Å²) in [6.45, 7) is 6.37. The Morgan fingerprint density at radius 3 is 2.64 bits per heavy atom. The minimum absolute atomic E-state index is 0.0637. The number of piperidine rings is 2. The maximum absolute atomic E-state index is 12.9. The van der Waals surface area contributed by atoms with Crippen molar-refractivity contribution in [2.75, 3.05) is 33.2 Å². The smallest absolute Gasteiger partial charge is 0.272 e. The molecule has 1 aromatic heterocycles. The van der Waals surface area contributed by atoms with E-state index < -0.39 is 0 Å². The third kappa shape index (κ3) is 4.28. The summed E-state index contributed by atoms with van der Waals surface area (Å²) in [6, 6.07) is 10.8. The summed E-state index contributed by atoms with van der Waals surface area (Å²) in [5.74, 6) is 0.686. The number of imidazole rings is 1. The van der Waals surface area contributed by atoms with Crippen LogP contribution in [0.15, 0.2) is 30.3 Å². The fourth-order valence-corrected chi connectivity index (χ4v) is 4.48. The molecule has 2 N–H and O–H groups in total. The van der Waals surface area contributed by atoms with E-state index in [1.54, 1.807) is 0 Å². The number of nitrogens with zero attached hydrogens (tertiary/aromatic N) is 3. The molecular formula is C22H31N5O. The van der Waals surface area contributed by atoms with E-state index in [1.165, 1.54) is 25.9 Å². The van der Waals surface area contributed by atoms with Crippen molar-refractivity contribution >= 4 is 5.91 Å². The molecule has 0 spiro atoms. The van der Waals surface area contributed by atoms with Crippen LogP contribution >= 0.6 is 0 Å². The molecule has 4 rings (SSSR count). The largest absolute Gasteiger partial charge is 0.347 e. The van der Waals surface area contributed by atoms with Gasteiger partial charge in [-0.3, -0.25) is 9.69 Å². The van der Waals surface area contributed by atoms with Crippen molar-refractivity contribution in [1.82, 2.24) is 25.1 Å². The fourth-order valence-electron chi connectivity index (χ4n) is 4.48. The molecule has 2 aliphatic rings. The summed E-state index contributed by atoms with van der Waals surface area (Å²) < 4.78 is 0. The van der Waals surface area contributed by atoms with E-state index in [0.717, 1.165) is 43.0 Å². The number of benzene rings is 1. The normalized spacial score (nSPS) is 22.3. The van der Waals surface area contributed by atoms with Crippen molar-refractivity contribution < 1.29 is 4.79 Å². The number of nitrogens with one attached hydrogen (secondary N) is 2. The predicted octanol–water partition coefficient (Wildman–Crippen LogP) is 2.67. The van der Waals surface area contributed by atoms with Gasteiger partial charge in [0.1, 0.15) is 11.5 Å². The zero-order chi connectivity index (χ0) is 19.5. The Labute approximate surface area is 167 Å². The van der Waals surface area contributed by atoms with Crippen molar-refractivity contribution in [2.24, 2.45) is 0 Å². The summed E-state index contributed by atoms with van der Waals surface area (Å²) in [7, 11) is 2.20. The number of aromatic amines is 1. The first kappa shape index (κ1) is 19.2. The molecule has 0 aliphatic carbocycles. The lowest BCUT2D eigenvalue weighted by molar-refractivity contribution is 0.0763. The van der Waals surface area contributed by atoms with Crippen LogP contribution in [-0.2, 0) is 0 Å². The number of likely N-dealkylation sites (tertiary alicyclic amines) is 2. The number of carbonyl (C=O) groups is 1. The molecule has 3 heterocycles. The molecule has 1 aromatic carbocycles. The molecule has 0 radical (unpaired) electrons. The van der Waals surface area contributed by atoms with Gasteiger partial charge >= 0.3 is 0 Å². The van der Waals surface area contributed by atoms with E-state index in [1.807, 2.05) is 37.3 Å². The summed E-state index contributed by atoms with van der Waals surface area (Å²) >= 11 is 0. The first-order valence-corrected chi connectivity index (χ1v) is 10.5. The van der Waals surface area contributed by atoms with Gasteiger partial charge in [0.25, 0.3) is 5.91 Å². The molecule has 2 aromatic rings. The van der Waals surface area contributed by atoms with Gasteiger partial charge in [0.2, 0.25) is 0 Å². The second-order valence-electron chi connectivity index (χ2n) is 8.27. The summed E-state index contributed by atoms with van der Waals surface area (Å²) in [5.41, 5.74) is 2.32. The lowest BCUT2D eigenvalue weighted by Gasteiger charge is -2.41. The van der Waals surface area contributed by atoms with E-state index in [0.29, 0.717) is 11.7 Å². The summed E-state index contributed by atoms with van der Waals surface area (Å²) in [6.07, 6.45) is 4.65. The second-order valence-corrected chi connectivity index (χ2v) is 8.27. The van der Waals surface area contributed by atoms with Crippen LogP contribution in [0.1, 0.15) is 41.9 Å². The lowest BCUT2D eigenvalue weighted by atomic mass is 9.98. The van der Waals surface area contributed by atoms with E-state index >= 15 is 0 Å². The average Bonchev–Trinajstić information content (AvgIpc) is 3.11. The highest BCUT2D eigenvalue weighted by Gasteiger charge is 2.29. The Balaban J connectivity index is 1.39. The van der Waals surface area contributed by atoms with E-state index in [9.17, 15) is 4.79 Å². The number of hydrogen-bond donors (Lipinski definition) is 2. The average molecular weight is 382 g/mol. The van der Waals surface area contributed by atoms with Crippen LogP contribution < -0.4 is 5.32 Å². The minimum Gasteiger partial charge on any atom is -0.347 e. The van der Waals surface area contributed by atoms with E-state index in [-0.39, 0.29) is 11.9 Å². The minimum atomic E-state index is -0.0637. The fraction of sp³-hybridized carbons (Fsp3) is 0.545. The zero-order valence-electron chi connectivity index (χ0n) is 16.9. The van der Waals surface area contributed by atoms with Crippen LogP contribution in [0.4, 0.5) is 0 Å². The first-order valence-electron chi connectivity index (χ1n) is 10.5. The van der Waals surface area contributed by atoms with Gasteiger partial charge in [0, 0.05) is 29.9 Å². The van der Waals surface area contributed by atoms with Crippen LogP contribution in [0.25, 0.3) is 11.4 Å². The van der Waals surface area contributed by atoms with Crippen LogP contribution in [0.3, 0.4) is 0 Å². The number of aromatic nitrogens is 2. The number of amides is 1. The van der Waals surface area contributed by atoms with E-state index in [2.05, 4.69) is 32.1 Å². The third-order valence-corrected chi connectivity index (χ3v) is 6.14. The Kier molecular flexibility index (Phi) is 5.78. The van der Waals surface area contributed by atoms with Crippen molar-refractivity contribution in [2.45, 2.75) is 44.7 Å². The van der Waals surface area contributed by atoms with Crippen molar-refractivity contribution in [3.63, 3.8) is 0 Å². The van der Waals surface area contributed by atoms with Gasteiger partial charge in [-0.05, 0) is 59.3 Å². The maximum Gasteiger partial charge on any atom is 0.272 e. The third-order valence-electron chi connectivity index (χ3n) is 6.14. The van der Waals surface area contributed by atoms with Crippen LogP contribution in [0, 0.1) is 6.92 Å². The van der Waals surface area contributed by atoms with Gasteiger partial charge in [-0.2, -0.15) is 0 Å². The van der Waals surface area contributed by atoms with Gasteiger partial charge in [0.15, 0.2) is 0 Å². The standard InChI is InChI=1S/C22H31N5O/c1-16-20(25-21(23-16)17-7-4-3-5-8-17)22(28)24-18-9-6-12-27(15-18)19-10-13-26(2)14-11-19/h3-5,7-8,18-19H,6,9-15H2,1-2H3,(H,23,25)(H,24,28)/t18-/m0/s1. The SMILES string of the molecule is Cc1[nH]c(-c2ccccc2)nc1C(=O)N[C@H]1CCCN(C2CCN(C)CC2)C1. The summed E-state index contributed by atoms with van der Waals surface area (Å²) in [5, 5.41) is 3.25. The van der Waals surface area contributed by atoms with Crippen molar-refractivity contribution in [3.05, 3.63) is 41.7 Å². The van der Waals surface area contributed by atoms with Gasteiger partial charge in [-0.15, -0.1) is 0 Å². The Morgan fingerprint density at radius 2 is 1.89 bits per heavy atom. The molecule has 150 valence electrons. The molecular weight excluding hydrogens is 350 g/mol. The molecule has 0 bridgehead atoms. The molecule has 0 unspecified atom stereocenters. The van der Waals surface area contributed by atoms with Gasteiger partial charge < -0.3 is 15.2 Å². The highest BCUT2D eigenvalue weighted by molar-refractivity contribution is 5.94. The molecule has 2 fully saturated rings. The van der Waals surface area contributed by atoms with Crippen LogP contribution in [-0.4, -0.2) is 71.0 Å². The lowest BCUT2D eigenvalue weighted by Crippen LogP contribution is -2.53. The monoisotopic (exact) mass is 381 g/mol. The molecule has 2 aliphatic heterocycles. The predicted molar refractivity (Wildman–Crippen MR) is 111 cm³/mol. The first-order chi connectivity index (χ1) is 13.6. The number of hydrogen-bond acceptors (Lipinski definition) is 4. The molecule has 1 amide bonds. The van der Waals surface area contributed by atoms with E-state index in [4.69, 9.17) is 0 Å². The molecule has 6 heteroatoms. The van der Waals surface area contributed by atoms with Crippen molar-refractivity contribution in [3.8, 4) is 11.4 Å². The van der Waals surface area contributed by atoms with Crippen LogP contribution in [0.2, 0.25) is 0 Å². The molecule has 0 saturated carbocycles. The quantitative estimate of drug-likeness (QED) is 0.855. The molecule has 28 heavy (non-hydrogen) atoms. The van der Waals surface area contributed by atoms with Gasteiger partial charge in [0.05, 0.1) is 0 Å². The molecule has 1 atom stereocenters. The van der Waals surface area contributed by atoms with Crippen LogP contribution in [0.5, 0.6) is 0 Å². The Morgan fingerprint density at radius 1 is 1.14 bits per heavy atom. The highest BCUT2D eigenvalue weighted by Crippen LogP contribution is 2.21. The zero-order valence-corrected chi connectivity index (χ0v) is 16.9. The molecule has 6 nitrogen and oxygen atoms in total. The molecule has 2 saturated heterocycles. The maximum atomic E-state index is 12.9. The highest BCUT2D eigenvalue weighted by atomic mass is 16.2. The Bertz CT molecular complexity index is 795. The summed E-state index contributed by atoms with van der Waals surface area (Å²) in [4.78, 5) is 25.7. The Hall–Kier alpha value is -2.18. The van der Waals surface area contributed by atoms with Gasteiger partial charge in [-0.25, -0.2) is 4.98 Å².